The predicted molar refractivity (Wildman–Crippen MR) is 68.9 cm³/mol. The van der Waals surface area contributed by atoms with E-state index >= 15 is 0 Å². The third-order valence-corrected chi connectivity index (χ3v) is 3.39. The monoisotopic (exact) mass is 234 g/mol. The van der Waals surface area contributed by atoms with Gasteiger partial charge in [-0.25, -0.2) is 0 Å². The standard InChI is InChI=1S/C14H22N2O/c1-10(2)16-8-12-5-7-17-14(12)13-9-15-6-4-11(13)3/h4,6,9-10,12,14,16H,5,7-8H2,1-3H3. The Balaban J connectivity index is 2.07. The molecule has 1 saturated heterocycles. The van der Waals surface area contributed by atoms with E-state index in [4.69, 9.17) is 4.74 Å². The second kappa shape index (κ2) is 5.61. The summed E-state index contributed by atoms with van der Waals surface area (Å²) in [4.78, 5) is 4.22. The van der Waals surface area contributed by atoms with Gasteiger partial charge in [-0.05, 0) is 25.0 Å². The van der Waals surface area contributed by atoms with Gasteiger partial charge in [0.25, 0.3) is 0 Å². The van der Waals surface area contributed by atoms with E-state index < -0.39 is 0 Å². The molecule has 1 fully saturated rings. The molecule has 94 valence electrons. The van der Waals surface area contributed by atoms with Gasteiger partial charge in [0.15, 0.2) is 0 Å². The highest BCUT2D eigenvalue weighted by atomic mass is 16.5. The maximum Gasteiger partial charge on any atom is 0.0883 e. The van der Waals surface area contributed by atoms with E-state index in [1.165, 1.54) is 11.1 Å². The summed E-state index contributed by atoms with van der Waals surface area (Å²) in [6.07, 6.45) is 5.15. The van der Waals surface area contributed by atoms with Crippen molar-refractivity contribution in [3.8, 4) is 0 Å². The van der Waals surface area contributed by atoms with Crippen LogP contribution in [-0.2, 0) is 4.74 Å². The number of ether oxygens (including phenoxy) is 1. The topological polar surface area (TPSA) is 34.1 Å². The Morgan fingerprint density at radius 1 is 1.53 bits per heavy atom. The van der Waals surface area contributed by atoms with Crippen LogP contribution in [0.25, 0.3) is 0 Å². The zero-order valence-corrected chi connectivity index (χ0v) is 10.9. The highest BCUT2D eigenvalue weighted by molar-refractivity contribution is 5.25. The largest absolute Gasteiger partial charge is 0.373 e. The van der Waals surface area contributed by atoms with Gasteiger partial charge in [-0.2, -0.15) is 0 Å². The molecule has 0 spiro atoms. The molecule has 1 aliphatic rings. The minimum absolute atomic E-state index is 0.218. The molecule has 2 atom stereocenters. The summed E-state index contributed by atoms with van der Waals surface area (Å²) in [6.45, 7) is 8.38. The van der Waals surface area contributed by atoms with E-state index in [1.54, 1.807) is 0 Å². The zero-order chi connectivity index (χ0) is 12.3. The van der Waals surface area contributed by atoms with Gasteiger partial charge in [0.2, 0.25) is 0 Å². The number of nitrogens with zero attached hydrogens (tertiary/aromatic N) is 1. The molecular formula is C14H22N2O. The van der Waals surface area contributed by atoms with Crippen molar-refractivity contribution in [1.29, 1.82) is 0 Å². The van der Waals surface area contributed by atoms with Crippen LogP contribution >= 0.6 is 0 Å². The number of aryl methyl sites for hydroxylation is 1. The van der Waals surface area contributed by atoms with Gasteiger partial charge in [-0.15, -0.1) is 0 Å². The van der Waals surface area contributed by atoms with Crippen LogP contribution in [0, 0.1) is 12.8 Å². The summed E-state index contributed by atoms with van der Waals surface area (Å²) in [5.41, 5.74) is 2.53. The van der Waals surface area contributed by atoms with Crippen LogP contribution in [0.1, 0.15) is 37.5 Å². The van der Waals surface area contributed by atoms with Crippen molar-refractivity contribution in [3.05, 3.63) is 29.6 Å². The normalized spacial score (nSPS) is 24.5. The Hall–Kier alpha value is -0.930. The average molecular weight is 234 g/mol. The summed E-state index contributed by atoms with van der Waals surface area (Å²) in [6, 6.07) is 2.59. The molecule has 3 nitrogen and oxygen atoms in total. The summed E-state index contributed by atoms with van der Waals surface area (Å²) in [5.74, 6) is 0.570. The van der Waals surface area contributed by atoms with Crippen molar-refractivity contribution in [2.24, 2.45) is 5.92 Å². The van der Waals surface area contributed by atoms with Crippen LogP contribution in [0.5, 0.6) is 0 Å². The van der Waals surface area contributed by atoms with Crippen molar-refractivity contribution >= 4 is 0 Å². The van der Waals surface area contributed by atoms with Crippen LogP contribution in [-0.4, -0.2) is 24.2 Å². The highest BCUT2D eigenvalue weighted by Gasteiger charge is 2.30. The predicted octanol–water partition coefficient (Wildman–Crippen LogP) is 2.47. The third kappa shape index (κ3) is 3.05. The SMILES string of the molecule is Cc1ccncc1C1OCCC1CNC(C)C. The van der Waals surface area contributed by atoms with Crippen molar-refractivity contribution < 1.29 is 4.74 Å². The smallest absolute Gasteiger partial charge is 0.0883 e. The van der Waals surface area contributed by atoms with Gasteiger partial charge in [0.05, 0.1) is 6.10 Å². The zero-order valence-electron chi connectivity index (χ0n) is 10.9. The van der Waals surface area contributed by atoms with Crippen LogP contribution in [0.4, 0.5) is 0 Å². The van der Waals surface area contributed by atoms with Gasteiger partial charge < -0.3 is 10.1 Å². The van der Waals surface area contributed by atoms with E-state index in [0.717, 1.165) is 19.6 Å². The van der Waals surface area contributed by atoms with Gasteiger partial charge in [0.1, 0.15) is 0 Å². The molecule has 1 aromatic heterocycles. The average Bonchev–Trinajstić information content (AvgIpc) is 2.75. The lowest BCUT2D eigenvalue weighted by Gasteiger charge is -2.21. The lowest BCUT2D eigenvalue weighted by Crippen LogP contribution is -2.30. The fraction of sp³-hybridized carbons (Fsp3) is 0.643. The molecule has 2 unspecified atom stereocenters. The molecule has 1 N–H and O–H groups in total. The highest BCUT2D eigenvalue weighted by Crippen LogP contribution is 2.35. The Bertz CT molecular complexity index is 365. The second-order valence-corrected chi connectivity index (χ2v) is 5.14. The minimum Gasteiger partial charge on any atom is -0.373 e. The Labute approximate surface area is 104 Å². The molecule has 0 aromatic carbocycles. The first-order valence-electron chi connectivity index (χ1n) is 6.44. The van der Waals surface area contributed by atoms with Gasteiger partial charge in [0, 0.05) is 43.1 Å². The van der Waals surface area contributed by atoms with Crippen LogP contribution < -0.4 is 5.32 Å². The lowest BCUT2D eigenvalue weighted by atomic mass is 9.93. The first-order chi connectivity index (χ1) is 8.18. The number of aromatic nitrogens is 1. The van der Waals surface area contributed by atoms with Crippen molar-refractivity contribution in [1.82, 2.24) is 10.3 Å². The van der Waals surface area contributed by atoms with Crippen molar-refractivity contribution in [2.45, 2.75) is 39.3 Å². The second-order valence-electron chi connectivity index (χ2n) is 5.14. The molecule has 1 aromatic rings. The third-order valence-electron chi connectivity index (χ3n) is 3.39. The number of nitrogens with one attached hydrogen (secondary N) is 1. The van der Waals surface area contributed by atoms with Crippen molar-refractivity contribution in [3.63, 3.8) is 0 Å². The molecule has 2 heterocycles. The molecule has 0 amide bonds. The van der Waals surface area contributed by atoms with E-state index in [9.17, 15) is 0 Å². The molecule has 0 radical (unpaired) electrons. The Kier molecular flexibility index (Phi) is 4.13. The van der Waals surface area contributed by atoms with E-state index in [0.29, 0.717) is 12.0 Å². The molecule has 0 saturated carbocycles. The van der Waals surface area contributed by atoms with Gasteiger partial charge >= 0.3 is 0 Å². The number of hydrogen-bond donors (Lipinski definition) is 1. The van der Waals surface area contributed by atoms with Gasteiger partial charge in [-0.3, -0.25) is 4.98 Å². The van der Waals surface area contributed by atoms with E-state index in [1.807, 2.05) is 12.4 Å². The molecule has 3 heteroatoms. The molecule has 0 aliphatic carbocycles. The summed E-state index contributed by atoms with van der Waals surface area (Å²) in [5, 5.41) is 3.51. The minimum atomic E-state index is 0.218. The molecular weight excluding hydrogens is 212 g/mol. The summed E-state index contributed by atoms with van der Waals surface area (Å²) >= 11 is 0. The Morgan fingerprint density at radius 2 is 2.35 bits per heavy atom. The number of hydrogen-bond acceptors (Lipinski definition) is 3. The van der Waals surface area contributed by atoms with Crippen LogP contribution in [0.3, 0.4) is 0 Å². The van der Waals surface area contributed by atoms with Crippen LogP contribution in [0.15, 0.2) is 18.5 Å². The lowest BCUT2D eigenvalue weighted by molar-refractivity contribution is 0.0893. The molecule has 0 bridgehead atoms. The van der Waals surface area contributed by atoms with Crippen LogP contribution in [0.2, 0.25) is 0 Å². The summed E-state index contributed by atoms with van der Waals surface area (Å²) < 4.78 is 5.88. The molecule has 2 rings (SSSR count). The maximum absolute atomic E-state index is 5.88. The maximum atomic E-state index is 5.88. The first-order valence-corrected chi connectivity index (χ1v) is 6.44. The quantitative estimate of drug-likeness (QED) is 0.869. The van der Waals surface area contributed by atoms with E-state index in [-0.39, 0.29) is 6.10 Å². The van der Waals surface area contributed by atoms with Gasteiger partial charge in [-0.1, -0.05) is 13.8 Å². The first kappa shape index (κ1) is 12.5. The molecule has 1 aliphatic heterocycles. The van der Waals surface area contributed by atoms with E-state index in [2.05, 4.69) is 37.1 Å². The number of rotatable bonds is 4. The summed E-state index contributed by atoms with van der Waals surface area (Å²) in [7, 11) is 0. The Morgan fingerprint density at radius 3 is 3.06 bits per heavy atom. The fourth-order valence-electron chi connectivity index (χ4n) is 2.35. The fourth-order valence-corrected chi connectivity index (χ4v) is 2.35. The number of pyridine rings is 1. The van der Waals surface area contributed by atoms with Crippen molar-refractivity contribution in [2.75, 3.05) is 13.2 Å². The molecule has 17 heavy (non-hydrogen) atoms.